The highest BCUT2D eigenvalue weighted by molar-refractivity contribution is 5.94. The third-order valence-electron chi connectivity index (χ3n) is 7.15. The molecule has 0 bridgehead atoms. The number of aliphatic carboxylic acids is 1. The number of benzene rings is 3. The fraction of sp³-hybridized carbons (Fsp3) is 0.242. The van der Waals surface area contributed by atoms with E-state index in [9.17, 15) is 29.4 Å². The summed E-state index contributed by atoms with van der Waals surface area (Å²) in [6.45, 7) is 0. The van der Waals surface area contributed by atoms with Crippen molar-refractivity contribution in [1.29, 1.82) is 0 Å². The monoisotopic (exact) mass is 612 g/mol. The molecule has 12 heteroatoms. The van der Waals surface area contributed by atoms with Gasteiger partial charge in [-0.05, 0) is 28.8 Å². The summed E-state index contributed by atoms with van der Waals surface area (Å²) < 4.78 is 0. The van der Waals surface area contributed by atoms with Gasteiger partial charge in [0.25, 0.3) is 0 Å². The van der Waals surface area contributed by atoms with Crippen molar-refractivity contribution in [2.75, 3.05) is 0 Å². The Balaban J connectivity index is 1.53. The van der Waals surface area contributed by atoms with E-state index in [1.807, 2.05) is 36.4 Å². The average Bonchev–Trinajstić information content (AvgIpc) is 3.55. The van der Waals surface area contributed by atoms with Gasteiger partial charge >= 0.3 is 5.97 Å². The number of phenolic OH excluding ortho intramolecular Hbond substituents is 1. The van der Waals surface area contributed by atoms with Crippen LogP contribution < -0.4 is 21.7 Å². The maximum Gasteiger partial charge on any atom is 0.326 e. The summed E-state index contributed by atoms with van der Waals surface area (Å²) >= 11 is 0. The first kappa shape index (κ1) is 32.4. The zero-order valence-corrected chi connectivity index (χ0v) is 24.4. The second kappa shape index (κ2) is 15.8. The van der Waals surface area contributed by atoms with Crippen molar-refractivity contribution in [1.82, 2.24) is 25.9 Å². The maximum absolute atomic E-state index is 13.8. The van der Waals surface area contributed by atoms with Crippen LogP contribution in [0, 0.1) is 0 Å². The van der Waals surface area contributed by atoms with E-state index in [1.165, 1.54) is 18.5 Å². The molecular weight excluding hydrogens is 576 g/mol. The minimum Gasteiger partial charge on any atom is -0.508 e. The Morgan fingerprint density at radius 3 is 1.62 bits per heavy atom. The highest BCUT2D eigenvalue weighted by Gasteiger charge is 2.31. The first-order valence-electron chi connectivity index (χ1n) is 14.4. The number of nitrogens with one attached hydrogen (secondary N) is 4. The minimum atomic E-state index is -1.31. The van der Waals surface area contributed by atoms with Crippen molar-refractivity contribution in [2.24, 2.45) is 5.73 Å². The van der Waals surface area contributed by atoms with Crippen molar-refractivity contribution in [3.8, 4) is 5.75 Å². The van der Waals surface area contributed by atoms with Gasteiger partial charge in [-0.2, -0.15) is 0 Å². The highest BCUT2D eigenvalue weighted by Crippen LogP contribution is 2.13. The molecule has 4 atom stereocenters. The highest BCUT2D eigenvalue weighted by atomic mass is 16.4. The van der Waals surface area contributed by atoms with Crippen LogP contribution in [0.3, 0.4) is 0 Å². The second-order valence-corrected chi connectivity index (χ2v) is 10.7. The maximum atomic E-state index is 13.8. The zero-order valence-electron chi connectivity index (χ0n) is 24.4. The van der Waals surface area contributed by atoms with Crippen LogP contribution >= 0.6 is 0 Å². The standard InChI is InChI=1S/C33H36N6O6/c34-26(18-24-19-35-20-36-24)30(41)37-27(15-21-7-3-1-4-8-21)31(42)38-28(16-22-9-5-2-6-10-22)32(43)39-29(33(44)45)17-23-11-13-25(40)14-12-23/h1-14,19-20,26-29,40H,15-18,34H2,(H,35,36)(H,37,41)(H,38,42)(H,39,43)(H,44,45). The first-order chi connectivity index (χ1) is 21.7. The Morgan fingerprint density at radius 1 is 0.667 bits per heavy atom. The van der Waals surface area contributed by atoms with E-state index < -0.39 is 47.9 Å². The number of amides is 3. The number of aromatic nitrogens is 2. The average molecular weight is 613 g/mol. The lowest BCUT2D eigenvalue weighted by Crippen LogP contribution is -2.58. The number of imidazole rings is 1. The van der Waals surface area contributed by atoms with Gasteiger partial charge in [-0.15, -0.1) is 0 Å². The van der Waals surface area contributed by atoms with Gasteiger partial charge in [0.2, 0.25) is 17.7 Å². The summed E-state index contributed by atoms with van der Waals surface area (Å²) in [6, 6.07) is 19.5. The normalized spacial score (nSPS) is 13.5. The number of hydrogen-bond donors (Lipinski definition) is 7. The van der Waals surface area contributed by atoms with E-state index in [4.69, 9.17) is 5.73 Å². The summed E-state index contributed by atoms with van der Waals surface area (Å²) in [5.74, 6) is -3.15. The quantitative estimate of drug-likeness (QED) is 0.104. The number of rotatable bonds is 15. The molecular formula is C33H36N6O6. The van der Waals surface area contributed by atoms with E-state index in [2.05, 4.69) is 25.9 Å². The van der Waals surface area contributed by atoms with Gasteiger partial charge in [0.05, 0.1) is 12.4 Å². The Kier molecular flexibility index (Phi) is 11.4. The summed E-state index contributed by atoms with van der Waals surface area (Å²) in [6.07, 6.45) is 3.34. The van der Waals surface area contributed by atoms with E-state index in [0.29, 0.717) is 11.3 Å². The second-order valence-electron chi connectivity index (χ2n) is 10.7. The molecule has 4 rings (SSSR count). The van der Waals surface area contributed by atoms with Crippen LogP contribution in [-0.4, -0.2) is 68.0 Å². The van der Waals surface area contributed by atoms with Crippen LogP contribution in [0.2, 0.25) is 0 Å². The van der Waals surface area contributed by atoms with Crippen molar-refractivity contribution in [2.45, 2.75) is 49.9 Å². The number of phenols is 1. The zero-order chi connectivity index (χ0) is 32.2. The largest absolute Gasteiger partial charge is 0.508 e. The van der Waals surface area contributed by atoms with Crippen LogP contribution in [0.4, 0.5) is 0 Å². The molecule has 0 aliphatic carbocycles. The fourth-order valence-corrected chi connectivity index (χ4v) is 4.74. The number of aromatic amines is 1. The molecule has 8 N–H and O–H groups in total. The van der Waals surface area contributed by atoms with Crippen molar-refractivity contribution >= 4 is 23.7 Å². The lowest BCUT2D eigenvalue weighted by Gasteiger charge is -2.25. The van der Waals surface area contributed by atoms with E-state index in [1.54, 1.807) is 42.6 Å². The molecule has 0 aliphatic heterocycles. The number of carboxylic acid groups (broad SMARTS) is 1. The lowest BCUT2D eigenvalue weighted by atomic mass is 10.0. The Labute approximate surface area is 260 Å². The number of nitrogens with zero attached hydrogens (tertiary/aromatic N) is 1. The molecule has 4 aromatic rings. The molecule has 1 aromatic heterocycles. The molecule has 4 unspecified atom stereocenters. The first-order valence-corrected chi connectivity index (χ1v) is 14.4. The molecule has 0 aliphatic rings. The number of H-pyrrole nitrogens is 1. The molecule has 0 saturated heterocycles. The van der Waals surface area contributed by atoms with Crippen molar-refractivity contribution in [3.05, 3.63) is 120 Å². The van der Waals surface area contributed by atoms with Crippen LogP contribution in [-0.2, 0) is 44.9 Å². The van der Waals surface area contributed by atoms with Gasteiger partial charge in [-0.25, -0.2) is 9.78 Å². The molecule has 234 valence electrons. The van der Waals surface area contributed by atoms with Gasteiger partial charge in [-0.1, -0.05) is 72.8 Å². The molecule has 3 amide bonds. The fourth-order valence-electron chi connectivity index (χ4n) is 4.74. The molecule has 0 spiro atoms. The van der Waals surface area contributed by atoms with E-state index >= 15 is 0 Å². The SMILES string of the molecule is NC(Cc1cnc[nH]1)C(=O)NC(Cc1ccccc1)C(=O)NC(Cc1ccccc1)C(=O)NC(Cc1ccc(O)cc1)C(=O)O. The summed E-state index contributed by atoms with van der Waals surface area (Å²) in [7, 11) is 0. The van der Waals surface area contributed by atoms with Crippen LogP contribution in [0.25, 0.3) is 0 Å². The van der Waals surface area contributed by atoms with Crippen LogP contribution in [0.5, 0.6) is 5.75 Å². The van der Waals surface area contributed by atoms with Gasteiger partial charge in [-0.3, -0.25) is 14.4 Å². The number of carbonyl (C=O) groups is 4. The predicted octanol–water partition coefficient (Wildman–Crippen LogP) is 1.25. The minimum absolute atomic E-state index is 0.0275. The number of hydrogen-bond acceptors (Lipinski definition) is 7. The van der Waals surface area contributed by atoms with Crippen molar-refractivity contribution < 1.29 is 29.4 Å². The van der Waals surface area contributed by atoms with Gasteiger partial charge < -0.3 is 36.9 Å². The Bertz CT molecular complexity index is 1550. The molecule has 1 heterocycles. The summed E-state index contributed by atoms with van der Waals surface area (Å²) in [5, 5.41) is 27.4. The number of carbonyl (C=O) groups excluding carboxylic acids is 3. The van der Waals surface area contributed by atoms with E-state index in [0.717, 1.165) is 11.1 Å². The van der Waals surface area contributed by atoms with E-state index in [-0.39, 0.29) is 31.4 Å². The molecule has 0 saturated carbocycles. The summed E-state index contributed by atoms with van der Waals surface area (Å²) in [5.41, 5.74) is 8.87. The van der Waals surface area contributed by atoms with Crippen LogP contribution in [0.15, 0.2) is 97.5 Å². The Morgan fingerprint density at radius 2 is 1.13 bits per heavy atom. The number of carboxylic acids is 1. The number of aromatic hydroxyl groups is 1. The van der Waals surface area contributed by atoms with Crippen molar-refractivity contribution in [3.63, 3.8) is 0 Å². The van der Waals surface area contributed by atoms with Gasteiger partial charge in [0, 0.05) is 37.6 Å². The molecule has 45 heavy (non-hydrogen) atoms. The van der Waals surface area contributed by atoms with Gasteiger partial charge in [0.15, 0.2) is 0 Å². The Hall–Kier alpha value is -5.49. The van der Waals surface area contributed by atoms with Gasteiger partial charge in [0.1, 0.15) is 23.9 Å². The summed E-state index contributed by atoms with van der Waals surface area (Å²) in [4.78, 5) is 59.4. The molecule has 3 aromatic carbocycles. The number of nitrogens with two attached hydrogens (primary N) is 1. The van der Waals surface area contributed by atoms with Crippen LogP contribution in [0.1, 0.15) is 22.4 Å². The molecule has 0 radical (unpaired) electrons. The predicted molar refractivity (Wildman–Crippen MR) is 166 cm³/mol. The third kappa shape index (κ3) is 10.0. The smallest absolute Gasteiger partial charge is 0.326 e. The topological polar surface area (TPSA) is 200 Å². The third-order valence-corrected chi connectivity index (χ3v) is 7.15. The molecule has 12 nitrogen and oxygen atoms in total. The molecule has 0 fully saturated rings. The lowest BCUT2D eigenvalue weighted by molar-refractivity contribution is -0.142.